The summed E-state index contributed by atoms with van der Waals surface area (Å²) in [6.07, 6.45) is 0.863. The maximum Gasteiger partial charge on any atom is 0.196 e. The highest BCUT2D eigenvalue weighted by Crippen LogP contribution is 2.34. The summed E-state index contributed by atoms with van der Waals surface area (Å²) in [4.78, 5) is 12.7. The van der Waals surface area contributed by atoms with Crippen LogP contribution in [0.25, 0.3) is 0 Å². The van der Waals surface area contributed by atoms with Crippen molar-refractivity contribution in [3.05, 3.63) is 62.6 Å². The van der Waals surface area contributed by atoms with E-state index in [9.17, 15) is 4.79 Å². The van der Waals surface area contributed by atoms with Gasteiger partial charge in [-0.25, -0.2) is 0 Å². The molecule has 1 aliphatic heterocycles. The Hall–Kier alpha value is -1.61. The minimum Gasteiger partial charge on any atom is -0.492 e. The fourth-order valence-corrected chi connectivity index (χ4v) is 2.98. The molecule has 3 rings (SSSR count). The van der Waals surface area contributed by atoms with Gasteiger partial charge in [0, 0.05) is 16.5 Å². The van der Waals surface area contributed by atoms with Crippen LogP contribution in [0.15, 0.2) is 34.8 Å². The topological polar surface area (TPSA) is 26.3 Å². The molecule has 0 spiro atoms. The molecule has 0 saturated carbocycles. The van der Waals surface area contributed by atoms with Gasteiger partial charge in [-0.3, -0.25) is 4.79 Å². The largest absolute Gasteiger partial charge is 0.492 e. The molecule has 0 aliphatic carbocycles. The third kappa shape index (κ3) is 2.27. The second-order valence-corrected chi connectivity index (χ2v) is 6.08. The lowest BCUT2D eigenvalue weighted by atomic mass is 9.97. The van der Waals surface area contributed by atoms with Gasteiger partial charge in [-0.15, -0.1) is 0 Å². The molecule has 0 unspecified atom stereocenters. The summed E-state index contributed by atoms with van der Waals surface area (Å²) in [5.74, 6) is 0.768. The van der Waals surface area contributed by atoms with E-state index in [-0.39, 0.29) is 5.78 Å². The Morgan fingerprint density at radius 2 is 1.95 bits per heavy atom. The van der Waals surface area contributed by atoms with Gasteiger partial charge < -0.3 is 4.74 Å². The van der Waals surface area contributed by atoms with Crippen LogP contribution in [0.5, 0.6) is 5.75 Å². The van der Waals surface area contributed by atoms with Gasteiger partial charge in [0.25, 0.3) is 0 Å². The van der Waals surface area contributed by atoms with E-state index in [0.717, 1.165) is 27.8 Å². The number of hydrogen-bond donors (Lipinski definition) is 0. The van der Waals surface area contributed by atoms with Crippen LogP contribution in [0.1, 0.15) is 32.6 Å². The van der Waals surface area contributed by atoms with Crippen LogP contribution < -0.4 is 4.74 Å². The second-order valence-electron chi connectivity index (χ2n) is 5.17. The van der Waals surface area contributed by atoms with Crippen molar-refractivity contribution in [3.8, 4) is 5.75 Å². The Bertz CT molecular complexity index is 704. The molecule has 2 aromatic rings. The van der Waals surface area contributed by atoms with Crippen LogP contribution in [-0.4, -0.2) is 12.4 Å². The number of benzene rings is 2. The van der Waals surface area contributed by atoms with Gasteiger partial charge >= 0.3 is 0 Å². The van der Waals surface area contributed by atoms with Crippen molar-refractivity contribution in [3.63, 3.8) is 0 Å². The van der Waals surface area contributed by atoms with Crippen LogP contribution in [0.2, 0.25) is 0 Å². The number of carbonyl (C=O) groups is 1. The fraction of sp³-hybridized carbons (Fsp3) is 0.235. The zero-order chi connectivity index (χ0) is 14.3. The molecule has 0 N–H and O–H groups in total. The van der Waals surface area contributed by atoms with E-state index in [1.807, 2.05) is 44.2 Å². The number of ketones is 1. The third-order valence-electron chi connectivity index (χ3n) is 3.76. The first-order valence-electron chi connectivity index (χ1n) is 6.63. The molecule has 2 aromatic carbocycles. The molecule has 0 fully saturated rings. The number of aryl methyl sites for hydroxylation is 2. The molecule has 3 heteroatoms. The molecule has 0 radical (unpaired) electrons. The third-order valence-corrected chi connectivity index (χ3v) is 4.22. The maximum absolute atomic E-state index is 12.7. The summed E-state index contributed by atoms with van der Waals surface area (Å²) < 4.78 is 6.56. The Morgan fingerprint density at radius 1 is 1.15 bits per heavy atom. The molecule has 0 saturated heterocycles. The van der Waals surface area contributed by atoms with Crippen molar-refractivity contribution in [2.75, 3.05) is 6.61 Å². The van der Waals surface area contributed by atoms with Crippen molar-refractivity contribution in [2.45, 2.75) is 20.3 Å². The van der Waals surface area contributed by atoms with Crippen LogP contribution in [0.3, 0.4) is 0 Å². The van der Waals surface area contributed by atoms with Gasteiger partial charge in [0.15, 0.2) is 5.78 Å². The average Bonchev–Trinajstić information content (AvgIpc) is 2.88. The van der Waals surface area contributed by atoms with Crippen LogP contribution >= 0.6 is 15.9 Å². The van der Waals surface area contributed by atoms with E-state index in [4.69, 9.17) is 4.74 Å². The number of rotatable bonds is 2. The summed E-state index contributed by atoms with van der Waals surface area (Å²) in [5, 5.41) is 0. The lowest BCUT2D eigenvalue weighted by Gasteiger charge is -2.09. The lowest BCUT2D eigenvalue weighted by Crippen LogP contribution is -2.04. The average molecular weight is 331 g/mol. The normalized spacial score (nSPS) is 12.9. The smallest absolute Gasteiger partial charge is 0.196 e. The molecule has 102 valence electrons. The first kappa shape index (κ1) is 13.4. The van der Waals surface area contributed by atoms with Crippen LogP contribution in [0.4, 0.5) is 0 Å². The number of halogens is 1. The van der Waals surface area contributed by atoms with Crippen LogP contribution in [-0.2, 0) is 6.42 Å². The maximum atomic E-state index is 12.7. The molecule has 1 aliphatic rings. The monoisotopic (exact) mass is 330 g/mol. The summed E-state index contributed by atoms with van der Waals surface area (Å²) in [5.41, 5.74) is 4.78. The zero-order valence-electron chi connectivity index (χ0n) is 11.5. The molecule has 0 atom stereocenters. The summed E-state index contributed by atoms with van der Waals surface area (Å²) >= 11 is 3.47. The molecular formula is C17H15BrO2. The van der Waals surface area contributed by atoms with Crippen molar-refractivity contribution < 1.29 is 9.53 Å². The molecule has 0 aromatic heterocycles. The summed E-state index contributed by atoms with van der Waals surface area (Å²) in [6.45, 7) is 4.72. The number of carbonyl (C=O) groups excluding carboxylic acids is 1. The predicted molar refractivity (Wildman–Crippen MR) is 82.7 cm³/mol. The summed E-state index contributed by atoms with van der Waals surface area (Å²) in [7, 11) is 0. The van der Waals surface area contributed by atoms with Gasteiger partial charge in [-0.05, 0) is 48.7 Å². The summed E-state index contributed by atoms with van der Waals surface area (Å²) in [6, 6.07) is 9.69. The lowest BCUT2D eigenvalue weighted by molar-refractivity contribution is 0.103. The van der Waals surface area contributed by atoms with Gasteiger partial charge in [0.1, 0.15) is 5.75 Å². The van der Waals surface area contributed by atoms with Crippen molar-refractivity contribution in [1.82, 2.24) is 0 Å². The Labute approximate surface area is 126 Å². The van der Waals surface area contributed by atoms with E-state index in [0.29, 0.717) is 17.7 Å². The molecule has 0 bridgehead atoms. The van der Waals surface area contributed by atoms with E-state index in [1.54, 1.807) is 0 Å². The van der Waals surface area contributed by atoms with Crippen molar-refractivity contribution >= 4 is 21.7 Å². The standard InChI is InChI=1S/C17H15BrO2/c1-10-3-4-12(7-11(10)2)16(19)15-9-14(18)8-13-5-6-20-17(13)15/h3-4,7-9H,5-6H2,1-2H3. The van der Waals surface area contributed by atoms with Crippen molar-refractivity contribution in [1.29, 1.82) is 0 Å². The molecule has 2 nitrogen and oxygen atoms in total. The quantitative estimate of drug-likeness (QED) is 0.770. The fourth-order valence-electron chi connectivity index (χ4n) is 2.48. The van der Waals surface area contributed by atoms with Gasteiger partial charge in [0.2, 0.25) is 0 Å². The van der Waals surface area contributed by atoms with E-state index >= 15 is 0 Å². The molecular weight excluding hydrogens is 316 g/mol. The van der Waals surface area contributed by atoms with Crippen molar-refractivity contribution in [2.24, 2.45) is 0 Å². The minimum absolute atomic E-state index is 0.0209. The number of fused-ring (bicyclic) bond motifs is 1. The zero-order valence-corrected chi connectivity index (χ0v) is 13.1. The van der Waals surface area contributed by atoms with E-state index in [1.165, 1.54) is 5.56 Å². The predicted octanol–water partition coefficient (Wildman–Crippen LogP) is 4.23. The van der Waals surface area contributed by atoms with Gasteiger partial charge in [0.05, 0.1) is 12.2 Å². The molecule has 0 amide bonds. The Kier molecular flexibility index (Phi) is 3.38. The number of hydrogen-bond acceptors (Lipinski definition) is 2. The first-order chi connectivity index (χ1) is 9.56. The van der Waals surface area contributed by atoms with E-state index < -0.39 is 0 Å². The van der Waals surface area contributed by atoms with E-state index in [2.05, 4.69) is 15.9 Å². The highest BCUT2D eigenvalue weighted by molar-refractivity contribution is 9.10. The Morgan fingerprint density at radius 3 is 2.70 bits per heavy atom. The van der Waals surface area contributed by atoms with Gasteiger partial charge in [-0.1, -0.05) is 28.1 Å². The molecule has 20 heavy (non-hydrogen) atoms. The second kappa shape index (κ2) is 5.06. The van der Waals surface area contributed by atoms with Crippen LogP contribution in [0, 0.1) is 13.8 Å². The van der Waals surface area contributed by atoms with Gasteiger partial charge in [-0.2, -0.15) is 0 Å². The number of ether oxygens (including phenoxy) is 1. The first-order valence-corrected chi connectivity index (χ1v) is 7.43. The minimum atomic E-state index is 0.0209. The highest BCUT2D eigenvalue weighted by Gasteiger charge is 2.22. The highest BCUT2D eigenvalue weighted by atomic mass is 79.9. The SMILES string of the molecule is Cc1ccc(C(=O)c2cc(Br)cc3c2OCC3)cc1C. The Balaban J connectivity index is 2.09. The molecule has 1 heterocycles.